The minimum atomic E-state index is -0.803. The molecule has 0 bridgehead atoms. The molecule has 1 unspecified atom stereocenters. The Kier molecular flexibility index (Phi) is 67.2. The van der Waals surface area contributed by atoms with Crippen molar-refractivity contribution in [3.05, 3.63) is 85.1 Å². The van der Waals surface area contributed by atoms with Crippen molar-refractivity contribution < 1.29 is 28.6 Å². The predicted molar refractivity (Wildman–Crippen MR) is 358 cm³/mol. The fraction of sp³-hybridized carbons (Fsp3) is 0.776. The number of rotatable bonds is 65. The summed E-state index contributed by atoms with van der Waals surface area (Å²) in [6.07, 6.45) is 93.6. The first-order valence-corrected chi connectivity index (χ1v) is 35.6. The molecule has 0 aliphatic rings. The average Bonchev–Trinajstić information content (AvgIpc) is 3.48. The summed E-state index contributed by atoms with van der Waals surface area (Å²) in [6, 6.07) is 0. The van der Waals surface area contributed by atoms with Crippen molar-refractivity contribution in [1.29, 1.82) is 0 Å². The quantitative estimate of drug-likeness (QED) is 0.0261. The highest BCUT2D eigenvalue weighted by Crippen LogP contribution is 2.18. The van der Waals surface area contributed by atoms with Crippen molar-refractivity contribution in [2.24, 2.45) is 0 Å². The third-order valence-electron chi connectivity index (χ3n) is 15.6. The molecular weight excluding hydrogens is 1010 g/mol. The van der Waals surface area contributed by atoms with Crippen LogP contribution < -0.4 is 0 Å². The van der Waals surface area contributed by atoms with E-state index in [1.54, 1.807) is 0 Å². The van der Waals surface area contributed by atoms with Gasteiger partial charge >= 0.3 is 17.9 Å². The number of carbonyl (C=O) groups excluding carboxylic acids is 3. The normalized spacial score (nSPS) is 12.6. The third kappa shape index (κ3) is 67.4. The van der Waals surface area contributed by atoms with Crippen LogP contribution in [0.1, 0.15) is 361 Å². The lowest BCUT2D eigenvalue weighted by molar-refractivity contribution is -0.167. The summed E-state index contributed by atoms with van der Waals surface area (Å²) in [5, 5.41) is 0. The van der Waals surface area contributed by atoms with Crippen molar-refractivity contribution in [2.45, 2.75) is 367 Å². The first-order chi connectivity index (χ1) is 40.5. The summed E-state index contributed by atoms with van der Waals surface area (Å²) < 4.78 is 16.9. The molecule has 0 aromatic heterocycles. The van der Waals surface area contributed by atoms with E-state index in [9.17, 15) is 14.4 Å². The van der Waals surface area contributed by atoms with E-state index in [4.69, 9.17) is 14.2 Å². The zero-order chi connectivity index (χ0) is 59.2. The summed E-state index contributed by atoms with van der Waals surface area (Å²) in [5.74, 6) is -0.934. The number of hydrogen-bond donors (Lipinski definition) is 0. The van der Waals surface area contributed by atoms with Crippen LogP contribution in [0.15, 0.2) is 85.1 Å². The number of allylic oxidation sites excluding steroid dienone is 14. The monoisotopic (exact) mass is 1140 g/mol. The Morgan fingerprint density at radius 3 is 0.817 bits per heavy atom. The summed E-state index contributed by atoms with van der Waals surface area (Å²) in [4.78, 5) is 38.3. The molecule has 1 atom stereocenters. The topological polar surface area (TPSA) is 78.9 Å². The fourth-order valence-corrected chi connectivity index (χ4v) is 10.3. The maximum atomic E-state index is 12.9. The summed E-state index contributed by atoms with van der Waals surface area (Å²) >= 11 is 0. The number of unbranched alkanes of at least 4 members (excludes halogenated alkanes) is 40. The van der Waals surface area contributed by atoms with Gasteiger partial charge in [-0.15, -0.1) is 0 Å². The smallest absolute Gasteiger partial charge is 0.306 e. The van der Waals surface area contributed by atoms with E-state index in [0.29, 0.717) is 19.3 Å². The van der Waals surface area contributed by atoms with Gasteiger partial charge < -0.3 is 14.2 Å². The highest BCUT2D eigenvalue weighted by Gasteiger charge is 2.19. The van der Waals surface area contributed by atoms with E-state index in [1.165, 1.54) is 212 Å². The second kappa shape index (κ2) is 70.1. The lowest BCUT2D eigenvalue weighted by Crippen LogP contribution is -2.30. The molecule has 0 aliphatic carbocycles. The second-order valence-corrected chi connectivity index (χ2v) is 23.8. The van der Waals surface area contributed by atoms with Gasteiger partial charge in [0.1, 0.15) is 13.2 Å². The largest absolute Gasteiger partial charge is 0.462 e. The van der Waals surface area contributed by atoms with Gasteiger partial charge in [0.05, 0.1) is 0 Å². The Bertz CT molecular complexity index is 1550. The van der Waals surface area contributed by atoms with Crippen LogP contribution in [0.3, 0.4) is 0 Å². The molecular formula is C76H134O6. The minimum Gasteiger partial charge on any atom is -0.462 e. The van der Waals surface area contributed by atoms with Crippen LogP contribution in [0, 0.1) is 0 Å². The molecule has 0 rings (SSSR count). The molecule has 0 spiro atoms. The van der Waals surface area contributed by atoms with Gasteiger partial charge in [-0.2, -0.15) is 0 Å². The SMILES string of the molecule is CC/C=C\C/C=C\C/C=C\C/C=C\C/C=C\C/C=C\CCCCC(=O)OC(COC(=O)CCCCCCC/C=C\CCCC)COC(=O)CCCCCCCCCCCCCCCCCCCCCCCCCCCCCCCCCC. The molecule has 0 fully saturated rings. The van der Waals surface area contributed by atoms with Crippen molar-refractivity contribution in [3.8, 4) is 0 Å². The van der Waals surface area contributed by atoms with E-state index < -0.39 is 6.10 Å². The van der Waals surface area contributed by atoms with Crippen molar-refractivity contribution >= 4 is 17.9 Å². The lowest BCUT2D eigenvalue weighted by Gasteiger charge is -2.18. The van der Waals surface area contributed by atoms with E-state index in [-0.39, 0.29) is 37.5 Å². The maximum Gasteiger partial charge on any atom is 0.306 e. The summed E-state index contributed by atoms with van der Waals surface area (Å²) in [5.41, 5.74) is 0. The molecule has 0 radical (unpaired) electrons. The number of hydrogen-bond acceptors (Lipinski definition) is 6. The van der Waals surface area contributed by atoms with Crippen LogP contribution in [0.2, 0.25) is 0 Å². The van der Waals surface area contributed by atoms with Crippen LogP contribution in [0.5, 0.6) is 0 Å². The average molecular weight is 1140 g/mol. The maximum absolute atomic E-state index is 12.9. The Labute approximate surface area is 509 Å². The molecule has 0 saturated carbocycles. The number of esters is 3. The van der Waals surface area contributed by atoms with Gasteiger partial charge in [-0.3, -0.25) is 14.4 Å². The minimum absolute atomic E-state index is 0.0943. The molecule has 0 N–H and O–H groups in total. The van der Waals surface area contributed by atoms with Crippen LogP contribution in [-0.4, -0.2) is 37.2 Å². The molecule has 0 amide bonds. The van der Waals surface area contributed by atoms with Gasteiger partial charge in [-0.05, 0) is 89.9 Å². The first kappa shape index (κ1) is 78.6. The lowest BCUT2D eigenvalue weighted by atomic mass is 10.0. The van der Waals surface area contributed by atoms with Gasteiger partial charge in [-0.1, -0.05) is 337 Å². The summed E-state index contributed by atoms with van der Waals surface area (Å²) in [7, 11) is 0. The van der Waals surface area contributed by atoms with Crippen LogP contribution in [-0.2, 0) is 28.6 Å². The zero-order valence-corrected chi connectivity index (χ0v) is 54.5. The Morgan fingerprint density at radius 2 is 0.488 bits per heavy atom. The molecule has 82 heavy (non-hydrogen) atoms. The predicted octanol–water partition coefficient (Wildman–Crippen LogP) is 24.6. The van der Waals surface area contributed by atoms with Crippen LogP contribution in [0.4, 0.5) is 0 Å². The van der Waals surface area contributed by atoms with Gasteiger partial charge in [0.25, 0.3) is 0 Å². The summed E-state index contributed by atoms with van der Waals surface area (Å²) in [6.45, 7) is 6.49. The Hall–Kier alpha value is -3.41. The van der Waals surface area contributed by atoms with E-state index in [0.717, 1.165) is 103 Å². The van der Waals surface area contributed by atoms with E-state index in [1.807, 2.05) is 0 Å². The van der Waals surface area contributed by atoms with Crippen molar-refractivity contribution in [2.75, 3.05) is 13.2 Å². The highest BCUT2D eigenvalue weighted by atomic mass is 16.6. The zero-order valence-electron chi connectivity index (χ0n) is 54.5. The third-order valence-corrected chi connectivity index (χ3v) is 15.6. The Morgan fingerprint density at radius 1 is 0.256 bits per heavy atom. The van der Waals surface area contributed by atoms with Crippen molar-refractivity contribution in [1.82, 2.24) is 0 Å². The van der Waals surface area contributed by atoms with Crippen LogP contribution >= 0.6 is 0 Å². The standard InChI is InChI=1S/C76H134O6/c1-4-7-10-13-16-19-22-24-26-28-30-32-33-34-35-36-37-38-39-40-41-42-44-45-47-49-51-54-57-60-63-66-69-75(78)81-72-73(71-80-74(77)68-65-62-59-56-53-21-18-15-12-9-6-3)82-76(79)70-67-64-61-58-55-52-50-48-46-43-31-29-27-25-23-20-17-14-11-8-5-2/h8,11,15,17-18,20,25,27,31,43,48,50,55,58,73H,4-7,9-10,12-14,16,19,21-24,26,28-30,32-42,44-47,49,51-54,56-57,59-72H2,1-3H3/b11-8-,18-15-,20-17-,27-25-,43-31-,50-48-,58-55-. The molecule has 0 saturated heterocycles. The molecule has 0 aromatic carbocycles. The molecule has 0 aromatic rings. The van der Waals surface area contributed by atoms with Gasteiger partial charge in [0, 0.05) is 19.3 Å². The van der Waals surface area contributed by atoms with Crippen LogP contribution in [0.25, 0.3) is 0 Å². The number of ether oxygens (including phenoxy) is 3. The van der Waals surface area contributed by atoms with E-state index in [2.05, 4.69) is 106 Å². The van der Waals surface area contributed by atoms with Gasteiger partial charge in [0.15, 0.2) is 6.10 Å². The number of carbonyl (C=O) groups is 3. The fourth-order valence-electron chi connectivity index (χ4n) is 10.3. The van der Waals surface area contributed by atoms with Gasteiger partial charge in [0.2, 0.25) is 0 Å². The molecule has 6 heteroatoms. The second-order valence-electron chi connectivity index (χ2n) is 23.8. The molecule has 6 nitrogen and oxygen atoms in total. The van der Waals surface area contributed by atoms with Gasteiger partial charge in [-0.25, -0.2) is 0 Å². The molecule has 0 aliphatic heterocycles. The van der Waals surface area contributed by atoms with E-state index >= 15 is 0 Å². The highest BCUT2D eigenvalue weighted by molar-refractivity contribution is 5.71. The van der Waals surface area contributed by atoms with Crippen molar-refractivity contribution in [3.63, 3.8) is 0 Å². The molecule has 0 heterocycles. The first-order valence-electron chi connectivity index (χ1n) is 35.6. The molecule has 474 valence electrons. The Balaban J connectivity index is 4.18.